The van der Waals surface area contributed by atoms with E-state index in [1.165, 1.54) is 4.31 Å². The van der Waals surface area contributed by atoms with Crippen LogP contribution in [0.2, 0.25) is 0 Å². The molecule has 3 nitrogen and oxygen atoms in total. The van der Waals surface area contributed by atoms with Crippen LogP contribution in [0, 0.1) is 6.92 Å². The van der Waals surface area contributed by atoms with E-state index in [1.807, 2.05) is 44.2 Å². The van der Waals surface area contributed by atoms with Crippen LogP contribution in [0.3, 0.4) is 0 Å². The van der Waals surface area contributed by atoms with E-state index in [0.29, 0.717) is 4.90 Å². The first-order chi connectivity index (χ1) is 9.84. The Labute approximate surface area is 134 Å². The molecule has 0 saturated carbocycles. The van der Waals surface area contributed by atoms with Gasteiger partial charge in [-0.25, -0.2) is 8.42 Å². The molecule has 2 rings (SSSR count). The van der Waals surface area contributed by atoms with Crippen molar-refractivity contribution in [1.82, 2.24) is 4.31 Å². The van der Waals surface area contributed by atoms with Crippen molar-refractivity contribution in [2.45, 2.75) is 24.8 Å². The predicted octanol–water partition coefficient (Wildman–Crippen LogP) is 4.14. The molecule has 0 aliphatic carbocycles. The average molecular weight is 368 g/mol. The lowest BCUT2D eigenvalue weighted by Crippen LogP contribution is -2.29. The molecule has 0 aliphatic heterocycles. The Hall–Kier alpha value is -1.17. The standard InChI is InChI=1S/C16H18BrNO2S/c1-12-11-15(9-10-16(12)17)21(19,20)18(3)13(2)14-7-5-4-6-8-14/h4-11,13H,1-3H3. The van der Waals surface area contributed by atoms with Gasteiger partial charge in [-0.3, -0.25) is 0 Å². The second kappa shape index (κ2) is 6.30. The van der Waals surface area contributed by atoms with Gasteiger partial charge in [-0.15, -0.1) is 0 Å². The van der Waals surface area contributed by atoms with Crippen molar-refractivity contribution in [2.24, 2.45) is 0 Å². The highest BCUT2D eigenvalue weighted by molar-refractivity contribution is 9.10. The van der Waals surface area contributed by atoms with Crippen molar-refractivity contribution in [3.05, 3.63) is 64.1 Å². The van der Waals surface area contributed by atoms with Gasteiger partial charge in [0.15, 0.2) is 0 Å². The molecule has 2 aromatic rings. The quantitative estimate of drug-likeness (QED) is 0.814. The molecule has 0 aliphatic rings. The maximum absolute atomic E-state index is 12.7. The van der Waals surface area contributed by atoms with Gasteiger partial charge >= 0.3 is 0 Å². The summed E-state index contributed by atoms with van der Waals surface area (Å²) in [5, 5.41) is 0. The molecule has 5 heteroatoms. The molecule has 112 valence electrons. The van der Waals surface area contributed by atoms with Crippen molar-refractivity contribution in [1.29, 1.82) is 0 Å². The summed E-state index contributed by atoms with van der Waals surface area (Å²) in [7, 11) is -1.90. The molecule has 0 aromatic heterocycles. The average Bonchev–Trinajstić information content (AvgIpc) is 2.49. The highest BCUT2D eigenvalue weighted by Crippen LogP contribution is 2.27. The fourth-order valence-corrected chi connectivity index (χ4v) is 3.78. The number of sulfonamides is 1. The van der Waals surface area contributed by atoms with E-state index in [9.17, 15) is 8.42 Å². The smallest absolute Gasteiger partial charge is 0.207 e. The minimum atomic E-state index is -3.51. The fraction of sp³-hybridized carbons (Fsp3) is 0.250. The zero-order valence-electron chi connectivity index (χ0n) is 12.2. The second-order valence-corrected chi connectivity index (χ2v) is 7.87. The lowest BCUT2D eigenvalue weighted by Gasteiger charge is -2.25. The van der Waals surface area contributed by atoms with Crippen molar-refractivity contribution in [3.8, 4) is 0 Å². The van der Waals surface area contributed by atoms with Crippen LogP contribution in [0.15, 0.2) is 57.9 Å². The van der Waals surface area contributed by atoms with Gasteiger partial charge in [0.25, 0.3) is 0 Å². The maximum atomic E-state index is 12.7. The predicted molar refractivity (Wildman–Crippen MR) is 88.7 cm³/mol. The first kappa shape index (κ1) is 16.2. The third-order valence-electron chi connectivity index (χ3n) is 3.63. The summed E-state index contributed by atoms with van der Waals surface area (Å²) in [6.45, 7) is 3.77. The van der Waals surface area contributed by atoms with Crippen LogP contribution in [0.4, 0.5) is 0 Å². The minimum absolute atomic E-state index is 0.222. The molecule has 0 spiro atoms. The van der Waals surface area contributed by atoms with Crippen LogP contribution in [-0.4, -0.2) is 19.8 Å². The van der Waals surface area contributed by atoms with Gasteiger partial charge in [0, 0.05) is 17.6 Å². The highest BCUT2D eigenvalue weighted by Gasteiger charge is 2.26. The SMILES string of the molecule is Cc1cc(S(=O)(=O)N(C)C(C)c2ccccc2)ccc1Br. The van der Waals surface area contributed by atoms with E-state index in [0.717, 1.165) is 15.6 Å². The summed E-state index contributed by atoms with van der Waals surface area (Å²) in [6.07, 6.45) is 0. The van der Waals surface area contributed by atoms with Crippen LogP contribution in [0.25, 0.3) is 0 Å². The molecule has 0 N–H and O–H groups in total. The van der Waals surface area contributed by atoms with Crippen molar-refractivity contribution in [2.75, 3.05) is 7.05 Å². The number of benzene rings is 2. The van der Waals surface area contributed by atoms with Crippen molar-refractivity contribution >= 4 is 26.0 Å². The maximum Gasteiger partial charge on any atom is 0.243 e. The van der Waals surface area contributed by atoms with Crippen LogP contribution in [-0.2, 0) is 10.0 Å². The Morgan fingerprint density at radius 2 is 1.71 bits per heavy atom. The third kappa shape index (κ3) is 3.36. The first-order valence-corrected chi connectivity index (χ1v) is 8.86. The van der Waals surface area contributed by atoms with E-state index in [4.69, 9.17) is 0 Å². The zero-order valence-corrected chi connectivity index (χ0v) is 14.6. The molecule has 1 atom stereocenters. The number of hydrogen-bond acceptors (Lipinski definition) is 2. The van der Waals surface area contributed by atoms with Crippen LogP contribution < -0.4 is 0 Å². The van der Waals surface area contributed by atoms with E-state index < -0.39 is 10.0 Å². The Bertz CT molecular complexity index is 729. The fourth-order valence-electron chi connectivity index (χ4n) is 2.09. The highest BCUT2D eigenvalue weighted by atomic mass is 79.9. The number of aryl methyl sites for hydroxylation is 1. The molecule has 0 amide bonds. The zero-order chi connectivity index (χ0) is 15.6. The molecule has 21 heavy (non-hydrogen) atoms. The van der Waals surface area contributed by atoms with Crippen molar-refractivity contribution < 1.29 is 8.42 Å². The summed E-state index contributed by atoms with van der Waals surface area (Å²) < 4.78 is 27.8. The molecule has 2 aromatic carbocycles. The molecular formula is C16H18BrNO2S. The van der Waals surface area contributed by atoms with Gasteiger partial charge in [-0.2, -0.15) is 4.31 Å². The molecule has 0 fully saturated rings. The van der Waals surface area contributed by atoms with Gasteiger partial charge in [0.2, 0.25) is 10.0 Å². The lowest BCUT2D eigenvalue weighted by molar-refractivity contribution is 0.398. The third-order valence-corrected chi connectivity index (χ3v) is 6.45. The molecule has 0 heterocycles. The largest absolute Gasteiger partial charge is 0.243 e. The van der Waals surface area contributed by atoms with Crippen LogP contribution in [0.1, 0.15) is 24.1 Å². The topological polar surface area (TPSA) is 37.4 Å². The van der Waals surface area contributed by atoms with E-state index >= 15 is 0 Å². The van der Waals surface area contributed by atoms with Gasteiger partial charge < -0.3 is 0 Å². The van der Waals surface area contributed by atoms with Gasteiger partial charge in [0.05, 0.1) is 4.90 Å². The summed E-state index contributed by atoms with van der Waals surface area (Å²) in [5.41, 5.74) is 1.87. The van der Waals surface area contributed by atoms with E-state index in [1.54, 1.807) is 25.2 Å². The summed E-state index contributed by atoms with van der Waals surface area (Å²) in [6, 6.07) is 14.5. The number of hydrogen-bond donors (Lipinski definition) is 0. The van der Waals surface area contributed by atoms with Gasteiger partial charge in [0.1, 0.15) is 0 Å². The first-order valence-electron chi connectivity index (χ1n) is 6.63. The normalized spacial score (nSPS) is 13.4. The van der Waals surface area contributed by atoms with Gasteiger partial charge in [-0.05, 0) is 43.2 Å². The number of halogens is 1. The summed E-state index contributed by atoms with van der Waals surface area (Å²) in [5.74, 6) is 0. The molecule has 0 saturated heterocycles. The number of nitrogens with zero attached hydrogens (tertiary/aromatic N) is 1. The Morgan fingerprint density at radius 1 is 1.10 bits per heavy atom. The molecular weight excluding hydrogens is 350 g/mol. The lowest BCUT2D eigenvalue weighted by atomic mass is 10.1. The van der Waals surface area contributed by atoms with Crippen molar-refractivity contribution in [3.63, 3.8) is 0 Å². The van der Waals surface area contributed by atoms with Crippen LogP contribution >= 0.6 is 15.9 Å². The Morgan fingerprint density at radius 3 is 2.29 bits per heavy atom. The van der Waals surface area contributed by atoms with E-state index in [2.05, 4.69) is 15.9 Å². The number of rotatable bonds is 4. The van der Waals surface area contributed by atoms with Gasteiger partial charge in [-0.1, -0.05) is 46.3 Å². The Balaban J connectivity index is 2.36. The summed E-state index contributed by atoms with van der Waals surface area (Å²) >= 11 is 3.39. The van der Waals surface area contributed by atoms with Crippen LogP contribution in [0.5, 0.6) is 0 Å². The molecule has 1 unspecified atom stereocenters. The second-order valence-electron chi connectivity index (χ2n) is 5.02. The molecule has 0 radical (unpaired) electrons. The minimum Gasteiger partial charge on any atom is -0.207 e. The molecule has 0 bridgehead atoms. The summed E-state index contributed by atoms with van der Waals surface area (Å²) in [4.78, 5) is 0.313. The monoisotopic (exact) mass is 367 g/mol. The van der Waals surface area contributed by atoms with E-state index in [-0.39, 0.29) is 6.04 Å². The Kier molecular flexibility index (Phi) is 4.86.